The molecule has 0 fully saturated rings. The molecule has 6 heteroatoms. The zero-order valence-corrected chi connectivity index (χ0v) is 14.0. The highest BCUT2D eigenvalue weighted by molar-refractivity contribution is 7.80. The number of nitrogens with zero attached hydrogens (tertiary/aromatic N) is 1. The fourth-order valence-electron chi connectivity index (χ4n) is 1.73. The Hall–Kier alpha value is -1.73. The third-order valence-electron chi connectivity index (χ3n) is 2.95. The first-order valence-corrected chi connectivity index (χ1v) is 7.96. The normalized spacial score (nSPS) is 11.5. The summed E-state index contributed by atoms with van der Waals surface area (Å²) < 4.78 is 31.9. The van der Waals surface area contributed by atoms with Gasteiger partial charge in [-0.15, -0.1) is 0 Å². The van der Waals surface area contributed by atoms with E-state index in [1.54, 1.807) is 0 Å². The SMILES string of the molecule is COS(=O)(=O)[O-].C[N+](C)(C)c1ccc(-c2ccccc2)cc1. The van der Waals surface area contributed by atoms with E-state index in [0.717, 1.165) is 11.6 Å². The molecule has 2 rings (SSSR count). The van der Waals surface area contributed by atoms with Crippen LogP contribution in [-0.4, -0.2) is 41.2 Å². The summed E-state index contributed by atoms with van der Waals surface area (Å²) in [5.41, 5.74) is 3.87. The van der Waals surface area contributed by atoms with Gasteiger partial charge in [-0.25, -0.2) is 8.42 Å². The molecular formula is C16H21NO4S. The highest BCUT2D eigenvalue weighted by Gasteiger charge is 2.11. The van der Waals surface area contributed by atoms with Crippen LogP contribution >= 0.6 is 0 Å². The molecule has 0 saturated heterocycles. The molecule has 0 spiro atoms. The minimum atomic E-state index is -4.41. The van der Waals surface area contributed by atoms with Crippen molar-refractivity contribution in [3.05, 3.63) is 54.6 Å². The Morgan fingerprint density at radius 3 is 1.64 bits per heavy atom. The van der Waals surface area contributed by atoms with Crippen LogP contribution in [0.1, 0.15) is 0 Å². The third-order valence-corrected chi connectivity index (χ3v) is 3.36. The van der Waals surface area contributed by atoms with Gasteiger partial charge in [0, 0.05) is 0 Å². The molecule has 0 bridgehead atoms. The Balaban J connectivity index is 0.000000346. The molecule has 0 aliphatic rings. The number of benzene rings is 2. The molecule has 0 unspecified atom stereocenters. The van der Waals surface area contributed by atoms with Gasteiger partial charge in [-0.3, -0.25) is 8.67 Å². The molecule has 5 nitrogen and oxygen atoms in total. The second kappa shape index (κ2) is 7.51. The van der Waals surface area contributed by atoms with E-state index in [0.29, 0.717) is 0 Å². The molecule has 0 saturated carbocycles. The van der Waals surface area contributed by atoms with Gasteiger partial charge in [0.25, 0.3) is 0 Å². The monoisotopic (exact) mass is 323 g/mol. The van der Waals surface area contributed by atoms with Crippen molar-refractivity contribution < 1.29 is 17.2 Å². The molecule has 0 aliphatic carbocycles. The molecule has 22 heavy (non-hydrogen) atoms. The van der Waals surface area contributed by atoms with Crippen molar-refractivity contribution in [1.29, 1.82) is 0 Å². The van der Waals surface area contributed by atoms with Crippen molar-refractivity contribution >= 4 is 16.1 Å². The standard InChI is InChI=1S/C15H18N.CH4O4S/c1-16(2,3)15-11-9-14(10-12-15)13-7-5-4-6-8-13;1-5-6(2,3)4/h4-12H,1-3H3;1H3,(H,2,3,4)/q+1;/p-1. The Labute approximate surface area is 132 Å². The number of hydrogen-bond acceptors (Lipinski definition) is 4. The topological polar surface area (TPSA) is 66.4 Å². The lowest BCUT2D eigenvalue weighted by Crippen LogP contribution is -2.34. The largest absolute Gasteiger partial charge is 0.726 e. The summed E-state index contributed by atoms with van der Waals surface area (Å²) >= 11 is 0. The van der Waals surface area contributed by atoms with Crippen LogP contribution in [0.3, 0.4) is 0 Å². The van der Waals surface area contributed by atoms with Gasteiger partial charge in [0.1, 0.15) is 5.69 Å². The summed E-state index contributed by atoms with van der Waals surface area (Å²) in [5.74, 6) is 0. The molecule has 0 heterocycles. The predicted octanol–water partition coefficient (Wildman–Crippen LogP) is 2.64. The highest BCUT2D eigenvalue weighted by atomic mass is 32.3. The molecule has 2 aromatic carbocycles. The number of rotatable bonds is 3. The van der Waals surface area contributed by atoms with Crippen LogP contribution in [0.4, 0.5) is 5.69 Å². The van der Waals surface area contributed by atoms with Crippen LogP contribution in [0, 0.1) is 0 Å². The average molecular weight is 323 g/mol. The maximum absolute atomic E-state index is 9.22. The van der Waals surface area contributed by atoms with E-state index in [1.807, 2.05) is 6.07 Å². The minimum absolute atomic E-state index is 0.808. The first-order valence-electron chi connectivity index (χ1n) is 6.62. The van der Waals surface area contributed by atoms with Gasteiger partial charge in [0.15, 0.2) is 0 Å². The fraction of sp³-hybridized carbons (Fsp3) is 0.250. The van der Waals surface area contributed by atoms with Crippen molar-refractivity contribution in [2.24, 2.45) is 0 Å². The molecule has 0 radical (unpaired) electrons. The summed E-state index contributed by atoms with van der Waals surface area (Å²) in [4.78, 5) is 0. The molecule has 0 aliphatic heterocycles. The minimum Gasteiger partial charge on any atom is -0.726 e. The van der Waals surface area contributed by atoms with E-state index in [-0.39, 0.29) is 0 Å². The van der Waals surface area contributed by atoms with Crippen LogP contribution in [0.5, 0.6) is 0 Å². The lowest BCUT2D eigenvalue weighted by atomic mass is 10.1. The zero-order chi connectivity index (χ0) is 16.8. The van der Waals surface area contributed by atoms with Crippen LogP contribution in [0.2, 0.25) is 0 Å². The van der Waals surface area contributed by atoms with E-state index in [9.17, 15) is 13.0 Å². The molecule has 120 valence electrons. The van der Waals surface area contributed by atoms with Gasteiger partial charge in [-0.1, -0.05) is 30.3 Å². The number of hydrogen-bond donors (Lipinski definition) is 0. The predicted molar refractivity (Wildman–Crippen MR) is 88.2 cm³/mol. The Morgan fingerprint density at radius 1 is 0.864 bits per heavy atom. The summed E-state index contributed by atoms with van der Waals surface area (Å²) in [6.45, 7) is 0. The molecule has 0 amide bonds. The number of quaternary nitrogens is 1. The van der Waals surface area contributed by atoms with E-state index in [4.69, 9.17) is 0 Å². The van der Waals surface area contributed by atoms with E-state index in [1.165, 1.54) is 16.8 Å². The molecular weight excluding hydrogens is 302 g/mol. The maximum atomic E-state index is 9.22. The van der Waals surface area contributed by atoms with Crippen molar-refractivity contribution in [3.63, 3.8) is 0 Å². The molecule has 0 N–H and O–H groups in total. The average Bonchev–Trinajstić information content (AvgIpc) is 2.47. The van der Waals surface area contributed by atoms with Gasteiger partial charge in [-0.2, -0.15) is 0 Å². The lowest BCUT2D eigenvalue weighted by molar-refractivity contribution is 0.314. The Bertz CT molecular complexity index is 674. The van der Waals surface area contributed by atoms with Crippen LogP contribution in [0.25, 0.3) is 11.1 Å². The Kier molecular flexibility index (Phi) is 6.25. The van der Waals surface area contributed by atoms with E-state index < -0.39 is 10.4 Å². The summed E-state index contributed by atoms with van der Waals surface area (Å²) in [5, 5.41) is 0. The van der Waals surface area contributed by atoms with E-state index >= 15 is 0 Å². The zero-order valence-electron chi connectivity index (χ0n) is 13.2. The van der Waals surface area contributed by atoms with Gasteiger partial charge in [0.2, 0.25) is 10.4 Å². The van der Waals surface area contributed by atoms with Crippen molar-refractivity contribution in [1.82, 2.24) is 4.48 Å². The quantitative estimate of drug-likeness (QED) is 0.495. The lowest BCUT2D eigenvalue weighted by Gasteiger charge is -2.23. The molecule has 0 aromatic heterocycles. The van der Waals surface area contributed by atoms with Crippen molar-refractivity contribution in [2.45, 2.75) is 0 Å². The van der Waals surface area contributed by atoms with Crippen LogP contribution in [0.15, 0.2) is 54.6 Å². The van der Waals surface area contributed by atoms with Crippen LogP contribution < -0.4 is 4.48 Å². The van der Waals surface area contributed by atoms with Gasteiger partial charge < -0.3 is 4.55 Å². The Morgan fingerprint density at radius 2 is 1.27 bits per heavy atom. The fourth-order valence-corrected chi connectivity index (χ4v) is 1.73. The second-order valence-corrected chi connectivity index (χ2v) is 6.65. The second-order valence-electron chi connectivity index (χ2n) is 5.50. The summed E-state index contributed by atoms with van der Waals surface area (Å²) in [6, 6.07) is 19.2. The van der Waals surface area contributed by atoms with Crippen molar-refractivity contribution in [2.75, 3.05) is 28.3 Å². The van der Waals surface area contributed by atoms with Gasteiger partial charge in [-0.05, 0) is 35.4 Å². The van der Waals surface area contributed by atoms with Crippen molar-refractivity contribution in [3.8, 4) is 11.1 Å². The van der Waals surface area contributed by atoms with Gasteiger partial charge >= 0.3 is 0 Å². The first kappa shape index (κ1) is 18.3. The smallest absolute Gasteiger partial charge is 0.217 e. The van der Waals surface area contributed by atoms with Gasteiger partial charge in [0.05, 0.1) is 28.3 Å². The summed E-state index contributed by atoms with van der Waals surface area (Å²) in [7, 11) is 2.93. The van der Waals surface area contributed by atoms with E-state index in [2.05, 4.69) is 73.9 Å². The molecule has 0 atom stereocenters. The first-order chi connectivity index (χ1) is 10.1. The van der Waals surface area contributed by atoms with Crippen LogP contribution in [-0.2, 0) is 14.6 Å². The molecule has 2 aromatic rings. The highest BCUT2D eigenvalue weighted by Crippen LogP contribution is 2.23. The third kappa shape index (κ3) is 6.36. The summed E-state index contributed by atoms with van der Waals surface area (Å²) in [6.07, 6.45) is 0. The maximum Gasteiger partial charge on any atom is 0.217 e.